The number of likely N-dealkylation sites (N-methyl/N-ethyl adjacent to an activating group) is 1. The van der Waals surface area contributed by atoms with Crippen LogP contribution in [0.15, 0.2) is 36.4 Å². The van der Waals surface area contributed by atoms with E-state index in [-0.39, 0.29) is 23.8 Å². The predicted octanol–water partition coefficient (Wildman–Crippen LogP) is 1.87. The van der Waals surface area contributed by atoms with Gasteiger partial charge in [-0.25, -0.2) is 0 Å². The number of nitro benzene ring substituents is 1. The Labute approximate surface area is 152 Å². The van der Waals surface area contributed by atoms with Crippen LogP contribution in [-0.2, 0) is 11.3 Å². The maximum absolute atomic E-state index is 12.4. The van der Waals surface area contributed by atoms with Crippen molar-refractivity contribution >= 4 is 17.3 Å². The van der Waals surface area contributed by atoms with Crippen LogP contribution in [0, 0.1) is 24.0 Å². The lowest BCUT2D eigenvalue weighted by Gasteiger charge is -2.15. The Kier molecular flexibility index (Phi) is 6.30. The number of hydrogen-bond donors (Lipinski definition) is 2. The van der Waals surface area contributed by atoms with Gasteiger partial charge in [0, 0.05) is 11.6 Å². The molecular weight excluding hydrogens is 334 g/mol. The highest BCUT2D eigenvalue weighted by Crippen LogP contribution is 2.29. The number of amides is 1. The van der Waals surface area contributed by atoms with Crippen LogP contribution in [0.3, 0.4) is 0 Å². The third kappa shape index (κ3) is 4.80. The summed E-state index contributed by atoms with van der Waals surface area (Å²) in [5.41, 5.74) is 2.87. The van der Waals surface area contributed by atoms with Crippen LogP contribution in [0.4, 0.5) is 11.4 Å². The van der Waals surface area contributed by atoms with E-state index < -0.39 is 4.92 Å². The number of benzene rings is 2. The van der Waals surface area contributed by atoms with Crippen LogP contribution in [-0.4, -0.2) is 31.5 Å². The summed E-state index contributed by atoms with van der Waals surface area (Å²) in [6.45, 7) is 4.49. The van der Waals surface area contributed by atoms with Gasteiger partial charge in [0.25, 0.3) is 11.6 Å². The van der Waals surface area contributed by atoms with Crippen LogP contribution >= 0.6 is 0 Å². The van der Waals surface area contributed by atoms with Gasteiger partial charge in [0.1, 0.15) is 18.0 Å². The third-order valence-electron chi connectivity index (χ3n) is 4.30. The topological polar surface area (TPSA) is 85.9 Å². The fraction of sp³-hybridized carbons (Fsp3) is 0.316. The lowest BCUT2D eigenvalue weighted by atomic mass is 10.1. The molecule has 0 saturated heterocycles. The second-order valence-corrected chi connectivity index (χ2v) is 6.37. The SMILES string of the molecule is COc1ccc(C[NH+](C)CC(=O)Nc2c([N+](=O)[O-])ccc(C)c2C)cc1. The van der Waals surface area contributed by atoms with Crippen LogP contribution < -0.4 is 15.0 Å². The number of quaternary nitrogens is 1. The number of ether oxygens (including phenoxy) is 1. The molecule has 0 bridgehead atoms. The van der Waals surface area contributed by atoms with Gasteiger partial charge in [-0.2, -0.15) is 0 Å². The lowest BCUT2D eigenvalue weighted by molar-refractivity contribution is -0.885. The molecular formula is C19H24N3O4+. The summed E-state index contributed by atoms with van der Waals surface area (Å²) in [5, 5.41) is 13.9. The summed E-state index contributed by atoms with van der Waals surface area (Å²) in [4.78, 5) is 24.1. The molecule has 0 aliphatic rings. The van der Waals surface area contributed by atoms with Gasteiger partial charge >= 0.3 is 0 Å². The van der Waals surface area contributed by atoms with E-state index in [0.717, 1.165) is 21.8 Å². The van der Waals surface area contributed by atoms with Gasteiger partial charge in [0.2, 0.25) is 0 Å². The fourth-order valence-corrected chi connectivity index (χ4v) is 2.72. The van der Waals surface area contributed by atoms with Crippen molar-refractivity contribution in [2.75, 3.05) is 26.0 Å². The van der Waals surface area contributed by atoms with Crippen LogP contribution in [0.25, 0.3) is 0 Å². The first-order valence-corrected chi connectivity index (χ1v) is 8.30. The van der Waals surface area contributed by atoms with Crippen LogP contribution in [0.5, 0.6) is 5.75 Å². The van der Waals surface area contributed by atoms with E-state index in [4.69, 9.17) is 4.74 Å². The van der Waals surface area contributed by atoms with E-state index >= 15 is 0 Å². The Morgan fingerprint density at radius 2 is 1.85 bits per heavy atom. The zero-order valence-corrected chi connectivity index (χ0v) is 15.5. The van der Waals surface area contributed by atoms with Gasteiger partial charge in [-0.15, -0.1) is 0 Å². The van der Waals surface area contributed by atoms with Crippen molar-refractivity contribution in [1.82, 2.24) is 0 Å². The number of rotatable bonds is 7. The second kappa shape index (κ2) is 8.44. The number of hydrogen-bond acceptors (Lipinski definition) is 4. The number of methoxy groups -OCH3 is 1. The summed E-state index contributed by atoms with van der Waals surface area (Å²) in [5.74, 6) is 0.527. The van der Waals surface area contributed by atoms with Crippen molar-refractivity contribution in [1.29, 1.82) is 0 Å². The van der Waals surface area contributed by atoms with E-state index in [9.17, 15) is 14.9 Å². The minimum Gasteiger partial charge on any atom is -0.497 e. The molecule has 1 unspecified atom stereocenters. The molecule has 2 rings (SSSR count). The van der Waals surface area contributed by atoms with Crippen molar-refractivity contribution in [2.45, 2.75) is 20.4 Å². The van der Waals surface area contributed by atoms with E-state index in [1.54, 1.807) is 20.1 Å². The zero-order chi connectivity index (χ0) is 19.3. The second-order valence-electron chi connectivity index (χ2n) is 6.37. The van der Waals surface area contributed by atoms with Gasteiger partial charge in [0.05, 0.1) is 19.1 Å². The fourth-order valence-electron chi connectivity index (χ4n) is 2.72. The monoisotopic (exact) mass is 358 g/mol. The number of carbonyl (C=O) groups is 1. The Balaban J connectivity index is 2.04. The molecule has 2 N–H and O–H groups in total. The minimum absolute atomic E-state index is 0.0887. The maximum Gasteiger partial charge on any atom is 0.293 e. The summed E-state index contributed by atoms with van der Waals surface area (Å²) < 4.78 is 5.13. The number of anilines is 1. The number of nitro groups is 1. The van der Waals surface area contributed by atoms with Gasteiger partial charge in [-0.1, -0.05) is 6.07 Å². The molecule has 7 nitrogen and oxygen atoms in total. The molecule has 0 aromatic heterocycles. The molecule has 0 heterocycles. The van der Waals surface area contributed by atoms with E-state index in [1.807, 2.05) is 38.2 Å². The van der Waals surface area contributed by atoms with E-state index in [1.165, 1.54) is 6.07 Å². The highest BCUT2D eigenvalue weighted by Gasteiger charge is 2.21. The highest BCUT2D eigenvalue weighted by molar-refractivity contribution is 5.95. The average molecular weight is 358 g/mol. The molecule has 0 aliphatic carbocycles. The minimum atomic E-state index is -0.476. The summed E-state index contributed by atoms with van der Waals surface area (Å²) in [6.07, 6.45) is 0. The summed E-state index contributed by atoms with van der Waals surface area (Å²) in [7, 11) is 3.52. The van der Waals surface area contributed by atoms with Crippen LogP contribution in [0.2, 0.25) is 0 Å². The van der Waals surface area contributed by atoms with E-state index in [0.29, 0.717) is 12.1 Å². The van der Waals surface area contributed by atoms with Crippen molar-refractivity contribution in [2.24, 2.45) is 0 Å². The molecule has 26 heavy (non-hydrogen) atoms. The first-order chi connectivity index (χ1) is 12.3. The number of carbonyl (C=O) groups excluding carboxylic acids is 1. The van der Waals surface area contributed by atoms with Gasteiger partial charge in [-0.3, -0.25) is 14.9 Å². The standard InChI is InChI=1S/C19H23N3O4/c1-13-5-10-17(22(24)25)19(14(13)2)20-18(23)12-21(3)11-15-6-8-16(26-4)9-7-15/h5-10H,11-12H2,1-4H3,(H,20,23)/p+1. The maximum atomic E-state index is 12.4. The van der Waals surface area contributed by atoms with Crippen molar-refractivity contribution in [3.05, 3.63) is 63.2 Å². The molecule has 0 radical (unpaired) electrons. The van der Waals surface area contributed by atoms with Gasteiger partial charge in [0.15, 0.2) is 6.54 Å². The zero-order valence-electron chi connectivity index (χ0n) is 15.5. The Bertz CT molecular complexity index is 803. The number of nitrogens with one attached hydrogen (secondary N) is 2. The van der Waals surface area contributed by atoms with Gasteiger partial charge < -0.3 is 15.0 Å². The summed E-state index contributed by atoms with van der Waals surface area (Å²) in [6, 6.07) is 10.8. The van der Waals surface area contributed by atoms with Crippen LogP contribution in [0.1, 0.15) is 16.7 Å². The Morgan fingerprint density at radius 3 is 2.42 bits per heavy atom. The van der Waals surface area contributed by atoms with Crippen molar-refractivity contribution in [3.8, 4) is 5.75 Å². The third-order valence-corrected chi connectivity index (χ3v) is 4.30. The molecule has 2 aromatic carbocycles. The highest BCUT2D eigenvalue weighted by atomic mass is 16.6. The van der Waals surface area contributed by atoms with Crippen molar-refractivity contribution < 1.29 is 19.4 Å². The predicted molar refractivity (Wildman–Crippen MR) is 99.7 cm³/mol. The molecule has 0 saturated carbocycles. The smallest absolute Gasteiger partial charge is 0.293 e. The Hall–Kier alpha value is -2.93. The van der Waals surface area contributed by atoms with Crippen molar-refractivity contribution in [3.63, 3.8) is 0 Å². The molecule has 138 valence electrons. The molecule has 0 aliphatic heterocycles. The quantitative estimate of drug-likeness (QED) is 0.584. The molecule has 7 heteroatoms. The van der Waals surface area contributed by atoms with Gasteiger partial charge in [-0.05, 0) is 49.2 Å². The molecule has 1 atom stereocenters. The Morgan fingerprint density at radius 1 is 1.19 bits per heavy atom. The largest absolute Gasteiger partial charge is 0.497 e. The normalized spacial score (nSPS) is 11.7. The molecule has 0 spiro atoms. The number of nitrogens with zero attached hydrogens (tertiary/aromatic N) is 1. The first kappa shape index (κ1) is 19.4. The molecule has 2 aromatic rings. The molecule has 1 amide bonds. The summed E-state index contributed by atoms with van der Waals surface area (Å²) >= 11 is 0. The number of aryl methyl sites for hydroxylation is 1. The first-order valence-electron chi connectivity index (χ1n) is 8.30. The molecule has 0 fully saturated rings. The van der Waals surface area contributed by atoms with E-state index in [2.05, 4.69) is 5.32 Å². The lowest BCUT2D eigenvalue weighted by Crippen LogP contribution is -3.08. The average Bonchev–Trinajstić information content (AvgIpc) is 2.59.